The van der Waals surface area contributed by atoms with Gasteiger partial charge in [-0.1, -0.05) is 18.2 Å². The minimum atomic E-state index is -0.705. The molecule has 2 aliphatic rings. The van der Waals surface area contributed by atoms with Crippen LogP contribution >= 0.6 is 0 Å². The second-order valence-electron chi connectivity index (χ2n) is 9.91. The molecule has 2 aliphatic heterocycles. The molecule has 1 fully saturated rings. The van der Waals surface area contributed by atoms with Crippen molar-refractivity contribution >= 4 is 11.6 Å². The molecule has 0 aromatic heterocycles. The van der Waals surface area contributed by atoms with E-state index in [1.165, 1.54) is 12.1 Å². The first kappa shape index (κ1) is 25.1. The zero-order valence-electron chi connectivity index (χ0n) is 20.7. The molecule has 2 N–H and O–H groups in total. The fourth-order valence-electron chi connectivity index (χ4n) is 4.99. The topological polar surface area (TPSA) is 62.2 Å². The second kappa shape index (κ2) is 10.8. The van der Waals surface area contributed by atoms with Crippen molar-refractivity contribution in [3.63, 3.8) is 0 Å². The average Bonchev–Trinajstić information content (AvgIpc) is 3.39. The van der Waals surface area contributed by atoms with Crippen LogP contribution in [-0.4, -0.2) is 53.6 Å². The number of nitrogens with zero attached hydrogens (tertiary/aromatic N) is 1. The summed E-state index contributed by atoms with van der Waals surface area (Å²) >= 11 is 0. The van der Waals surface area contributed by atoms with E-state index in [0.29, 0.717) is 29.9 Å². The molecule has 2 unspecified atom stereocenters. The van der Waals surface area contributed by atoms with Crippen LogP contribution in [-0.2, 0) is 6.42 Å². The summed E-state index contributed by atoms with van der Waals surface area (Å²) in [6.07, 6.45) is 2.92. The minimum absolute atomic E-state index is 0.116. The highest BCUT2D eigenvalue weighted by molar-refractivity contribution is 5.88. The smallest absolute Gasteiger partial charge is 0.165 e. The van der Waals surface area contributed by atoms with Crippen molar-refractivity contribution in [2.75, 3.05) is 26.4 Å². The number of fused-ring (bicyclic) bond motifs is 1. The lowest BCUT2D eigenvalue weighted by molar-refractivity contribution is 0.165. The third kappa shape index (κ3) is 5.72. The number of benzene rings is 3. The molecule has 3 aromatic carbocycles. The van der Waals surface area contributed by atoms with Gasteiger partial charge in [-0.2, -0.15) is 0 Å². The molecule has 3 aromatic rings. The van der Waals surface area contributed by atoms with Gasteiger partial charge in [-0.15, -0.1) is 0 Å². The molecule has 5 nitrogen and oxygen atoms in total. The van der Waals surface area contributed by atoms with E-state index < -0.39 is 17.7 Å². The highest BCUT2D eigenvalue weighted by atomic mass is 19.1. The Morgan fingerprint density at radius 3 is 2.62 bits per heavy atom. The van der Waals surface area contributed by atoms with E-state index in [9.17, 15) is 19.0 Å². The van der Waals surface area contributed by atoms with Gasteiger partial charge in [0.25, 0.3) is 0 Å². The maximum absolute atomic E-state index is 14.2. The number of ether oxygens (including phenoxy) is 2. The van der Waals surface area contributed by atoms with E-state index in [1.54, 1.807) is 24.3 Å². The van der Waals surface area contributed by atoms with Crippen molar-refractivity contribution < 1.29 is 28.5 Å². The van der Waals surface area contributed by atoms with Gasteiger partial charge in [-0.25, -0.2) is 4.39 Å². The van der Waals surface area contributed by atoms with Crippen molar-refractivity contribution in [3.05, 3.63) is 83.2 Å². The quantitative estimate of drug-likeness (QED) is 0.401. The summed E-state index contributed by atoms with van der Waals surface area (Å²) in [5, 5.41) is 19.5. The maximum atomic E-state index is 14.2. The van der Waals surface area contributed by atoms with E-state index in [-0.39, 0.29) is 24.4 Å². The van der Waals surface area contributed by atoms with Crippen molar-refractivity contribution in [2.24, 2.45) is 5.92 Å². The van der Waals surface area contributed by atoms with Crippen LogP contribution in [0.15, 0.2) is 60.7 Å². The van der Waals surface area contributed by atoms with Gasteiger partial charge >= 0.3 is 0 Å². The third-order valence-corrected chi connectivity index (χ3v) is 7.20. The lowest BCUT2D eigenvalue weighted by Crippen LogP contribution is -2.35. The molecule has 2 heterocycles. The molecule has 37 heavy (non-hydrogen) atoms. The van der Waals surface area contributed by atoms with Crippen LogP contribution in [0.2, 0.25) is 0 Å². The molecule has 194 valence electrons. The molecule has 7 heteroatoms. The highest BCUT2D eigenvalue weighted by Gasteiger charge is 2.27. The highest BCUT2D eigenvalue weighted by Crippen LogP contribution is 2.38. The van der Waals surface area contributed by atoms with E-state index in [0.717, 1.165) is 36.4 Å². The average molecular weight is 508 g/mol. The Bertz CT molecular complexity index is 1280. The first-order valence-corrected chi connectivity index (χ1v) is 12.6. The minimum Gasteiger partial charge on any atom is -0.508 e. The molecule has 0 saturated carbocycles. The van der Waals surface area contributed by atoms with Gasteiger partial charge < -0.3 is 19.7 Å². The summed E-state index contributed by atoms with van der Waals surface area (Å²) in [4.78, 5) is 2.27. The van der Waals surface area contributed by atoms with Crippen LogP contribution < -0.4 is 9.47 Å². The molecule has 5 rings (SSSR count). The van der Waals surface area contributed by atoms with Crippen molar-refractivity contribution in [1.82, 2.24) is 4.90 Å². The largest absolute Gasteiger partial charge is 0.508 e. The van der Waals surface area contributed by atoms with E-state index in [1.807, 2.05) is 30.3 Å². The predicted octanol–water partition coefficient (Wildman–Crippen LogP) is 5.84. The predicted molar refractivity (Wildman–Crippen MR) is 139 cm³/mol. The van der Waals surface area contributed by atoms with Crippen molar-refractivity contribution in [1.29, 1.82) is 0 Å². The summed E-state index contributed by atoms with van der Waals surface area (Å²) in [6, 6.07) is 17.2. The monoisotopic (exact) mass is 507 g/mol. The van der Waals surface area contributed by atoms with Gasteiger partial charge in [-0.05, 0) is 79.6 Å². The van der Waals surface area contributed by atoms with Gasteiger partial charge in [0, 0.05) is 36.1 Å². The van der Waals surface area contributed by atoms with Crippen LogP contribution in [0.5, 0.6) is 23.0 Å². The van der Waals surface area contributed by atoms with E-state index >= 15 is 0 Å². The Balaban J connectivity index is 1.29. The Kier molecular flexibility index (Phi) is 7.33. The number of rotatable bonds is 8. The molecular weight excluding hydrogens is 476 g/mol. The van der Waals surface area contributed by atoms with Gasteiger partial charge in [0.05, 0.1) is 6.67 Å². The fraction of sp³-hybridized carbons (Fsp3) is 0.333. The summed E-state index contributed by atoms with van der Waals surface area (Å²) in [5.41, 5.74) is 3.07. The van der Waals surface area contributed by atoms with Crippen LogP contribution in [0.3, 0.4) is 0 Å². The van der Waals surface area contributed by atoms with Gasteiger partial charge in [0.2, 0.25) is 0 Å². The Morgan fingerprint density at radius 2 is 1.89 bits per heavy atom. The molecule has 0 bridgehead atoms. The van der Waals surface area contributed by atoms with Gasteiger partial charge in [-0.3, -0.25) is 9.29 Å². The first-order chi connectivity index (χ1) is 17.9. The SMILES string of the molecule is C[C@@H](COc1ccc(CC2Oc3ccc(O)cc3C=C2c2ccc(O)c(F)c2)cc1)N1CCC(CF)C1. The number of halogens is 2. The number of aromatic hydroxyl groups is 2. The van der Waals surface area contributed by atoms with Gasteiger partial charge in [0.15, 0.2) is 11.6 Å². The van der Waals surface area contributed by atoms with Crippen molar-refractivity contribution in [2.45, 2.75) is 31.9 Å². The zero-order valence-corrected chi connectivity index (χ0v) is 20.7. The maximum Gasteiger partial charge on any atom is 0.165 e. The summed E-state index contributed by atoms with van der Waals surface area (Å²) in [7, 11) is 0. The summed E-state index contributed by atoms with van der Waals surface area (Å²) < 4.78 is 39.4. The third-order valence-electron chi connectivity index (χ3n) is 7.20. The van der Waals surface area contributed by atoms with E-state index in [2.05, 4.69) is 11.8 Å². The molecular formula is C30H31F2NO4. The second-order valence-corrected chi connectivity index (χ2v) is 9.91. The Hall–Kier alpha value is -3.58. The molecule has 3 atom stereocenters. The molecule has 0 amide bonds. The van der Waals surface area contributed by atoms with Gasteiger partial charge in [0.1, 0.15) is 30.0 Å². The number of phenols is 2. The van der Waals surface area contributed by atoms with Crippen LogP contribution in [0.25, 0.3) is 11.6 Å². The number of hydrogen-bond acceptors (Lipinski definition) is 5. The molecule has 0 aliphatic carbocycles. The Morgan fingerprint density at radius 1 is 1.08 bits per heavy atom. The molecule has 1 saturated heterocycles. The lowest BCUT2D eigenvalue weighted by Gasteiger charge is -2.28. The van der Waals surface area contributed by atoms with Crippen LogP contribution in [0.1, 0.15) is 30.0 Å². The van der Waals surface area contributed by atoms with Crippen LogP contribution in [0.4, 0.5) is 8.78 Å². The fourth-order valence-corrected chi connectivity index (χ4v) is 4.99. The lowest BCUT2D eigenvalue weighted by atomic mass is 9.91. The zero-order chi connectivity index (χ0) is 25.9. The molecule has 0 spiro atoms. The summed E-state index contributed by atoms with van der Waals surface area (Å²) in [6.45, 7) is 4.07. The van der Waals surface area contributed by atoms with Crippen LogP contribution in [0, 0.1) is 11.7 Å². The Labute approximate surface area is 215 Å². The number of hydrogen-bond donors (Lipinski definition) is 2. The summed E-state index contributed by atoms with van der Waals surface area (Å²) in [5.74, 6) is 0.537. The number of alkyl halides is 1. The van der Waals surface area contributed by atoms with Crippen molar-refractivity contribution in [3.8, 4) is 23.0 Å². The number of likely N-dealkylation sites (tertiary alicyclic amines) is 1. The first-order valence-electron chi connectivity index (χ1n) is 12.6. The normalized spacial score (nSPS) is 20.1. The molecule has 0 radical (unpaired) electrons. The standard InChI is InChI=1S/C30H31F2NO4/c1-19(33-11-10-21(16-31)17-33)18-36-25-6-2-20(3-7-25)12-30-26(22-4-8-28(35)27(32)15-22)14-23-13-24(34)5-9-29(23)37-30/h2-9,13-15,19,21,30,34-35H,10-12,16-18H2,1H3/t19-,21?,30?/m0/s1. The number of phenolic OH excluding ortho intramolecular Hbond substituents is 2. The van der Waals surface area contributed by atoms with E-state index in [4.69, 9.17) is 9.47 Å².